The number of ether oxygens (including phenoxy) is 2. The van der Waals surface area contributed by atoms with Gasteiger partial charge in [0, 0.05) is 16.3 Å². The van der Waals surface area contributed by atoms with E-state index in [0.29, 0.717) is 5.69 Å². The zero-order valence-electron chi connectivity index (χ0n) is 13.2. The Kier molecular flexibility index (Phi) is 6.85. The molecule has 1 N–H and O–H groups in total. The van der Waals surface area contributed by atoms with Crippen LogP contribution in [0.15, 0.2) is 42.5 Å². The number of nitrogens with one attached hydrogen (secondary N) is 1. The number of alkyl halides is 2. The molecule has 0 unspecified atom stereocenters. The van der Waals surface area contributed by atoms with Crippen molar-refractivity contribution in [1.29, 1.82) is 0 Å². The number of amides is 1. The molecule has 0 heterocycles. The van der Waals surface area contributed by atoms with Crippen LogP contribution in [-0.2, 0) is 20.7 Å². The summed E-state index contributed by atoms with van der Waals surface area (Å²) in [6.45, 7) is -3.54. The highest BCUT2D eigenvalue weighted by molar-refractivity contribution is 6.31. The van der Waals surface area contributed by atoms with Crippen LogP contribution < -0.4 is 10.1 Å². The van der Waals surface area contributed by atoms with Crippen molar-refractivity contribution in [1.82, 2.24) is 0 Å². The molecule has 2 rings (SSSR count). The molecule has 0 bridgehead atoms. The predicted octanol–water partition coefficient (Wildman–Crippen LogP) is 3.80. The predicted molar refractivity (Wildman–Crippen MR) is 87.8 cm³/mol. The van der Waals surface area contributed by atoms with Crippen molar-refractivity contribution in [3.05, 3.63) is 58.9 Å². The first-order valence-corrected chi connectivity index (χ1v) is 7.66. The lowest BCUT2D eigenvalue weighted by Crippen LogP contribution is -2.21. The van der Waals surface area contributed by atoms with Gasteiger partial charge in [-0.3, -0.25) is 9.59 Å². The number of esters is 1. The van der Waals surface area contributed by atoms with Gasteiger partial charge in [-0.2, -0.15) is 8.78 Å². The summed E-state index contributed by atoms with van der Waals surface area (Å²) in [6.07, 6.45) is -0.418. The van der Waals surface area contributed by atoms with Crippen molar-refractivity contribution in [3.8, 4) is 5.75 Å². The Balaban J connectivity index is 1.82. The van der Waals surface area contributed by atoms with Gasteiger partial charge in [0.1, 0.15) is 11.6 Å². The lowest BCUT2D eigenvalue weighted by Gasteiger charge is -2.09. The van der Waals surface area contributed by atoms with E-state index in [2.05, 4.69) is 10.1 Å². The third-order valence-electron chi connectivity index (χ3n) is 3.11. The summed E-state index contributed by atoms with van der Waals surface area (Å²) in [5.74, 6) is -2.19. The Bertz CT molecular complexity index is 764. The Hall–Kier alpha value is -2.74. The number of benzene rings is 2. The summed E-state index contributed by atoms with van der Waals surface area (Å²) in [6, 6.07) is 9.16. The number of anilines is 1. The molecule has 0 fully saturated rings. The molecule has 0 aliphatic heterocycles. The van der Waals surface area contributed by atoms with Gasteiger partial charge < -0.3 is 14.8 Å². The molecule has 0 aliphatic carbocycles. The fourth-order valence-electron chi connectivity index (χ4n) is 1.96. The van der Waals surface area contributed by atoms with Gasteiger partial charge in [0.05, 0.1) is 6.42 Å². The minimum atomic E-state index is -2.95. The maximum Gasteiger partial charge on any atom is 0.387 e. The molecule has 0 saturated carbocycles. The number of carbonyl (C=O) groups is 2. The van der Waals surface area contributed by atoms with Crippen molar-refractivity contribution in [3.63, 3.8) is 0 Å². The summed E-state index contributed by atoms with van der Waals surface area (Å²) in [5, 5.41) is 2.49. The van der Waals surface area contributed by atoms with E-state index < -0.39 is 37.3 Å². The number of carbonyl (C=O) groups excluding carboxylic acids is 2. The first kappa shape index (κ1) is 19.6. The molecule has 2 aromatic carbocycles. The zero-order valence-corrected chi connectivity index (χ0v) is 13.9. The first-order valence-electron chi connectivity index (χ1n) is 7.28. The summed E-state index contributed by atoms with van der Waals surface area (Å²) < 4.78 is 46.6. The van der Waals surface area contributed by atoms with E-state index in [9.17, 15) is 22.8 Å². The minimum absolute atomic E-state index is 0.0193. The molecular weight excluding hydrogens is 375 g/mol. The number of rotatable bonds is 7. The van der Waals surface area contributed by atoms with Crippen LogP contribution in [0, 0.1) is 5.82 Å². The van der Waals surface area contributed by atoms with E-state index in [-0.39, 0.29) is 16.3 Å². The van der Waals surface area contributed by atoms with Crippen LogP contribution in [0.25, 0.3) is 0 Å². The largest absolute Gasteiger partial charge is 0.455 e. The molecule has 0 radical (unpaired) electrons. The lowest BCUT2D eigenvalue weighted by atomic mass is 10.1. The molecular formula is C17H13ClF3NO4. The average molecular weight is 388 g/mol. The Morgan fingerprint density at radius 3 is 2.42 bits per heavy atom. The van der Waals surface area contributed by atoms with Crippen molar-refractivity contribution < 1.29 is 32.2 Å². The highest BCUT2D eigenvalue weighted by atomic mass is 35.5. The number of halogens is 4. The molecule has 0 atom stereocenters. The molecule has 0 aliphatic rings. The quantitative estimate of drug-likeness (QED) is 0.734. The average Bonchev–Trinajstić information content (AvgIpc) is 2.58. The van der Waals surface area contributed by atoms with E-state index >= 15 is 0 Å². The van der Waals surface area contributed by atoms with Crippen LogP contribution in [0.4, 0.5) is 18.9 Å². The van der Waals surface area contributed by atoms with E-state index in [0.717, 1.165) is 6.07 Å². The van der Waals surface area contributed by atoms with E-state index in [1.807, 2.05) is 0 Å². The summed E-state index contributed by atoms with van der Waals surface area (Å²) in [7, 11) is 0. The zero-order chi connectivity index (χ0) is 19.1. The highest BCUT2D eigenvalue weighted by Gasteiger charge is 2.14. The van der Waals surface area contributed by atoms with Gasteiger partial charge in [0.15, 0.2) is 6.61 Å². The molecule has 2 aromatic rings. The van der Waals surface area contributed by atoms with Gasteiger partial charge in [-0.15, -0.1) is 0 Å². The maximum absolute atomic E-state index is 13.6. The summed E-state index contributed by atoms with van der Waals surface area (Å²) in [4.78, 5) is 23.4. The molecule has 1 amide bonds. The van der Waals surface area contributed by atoms with Crippen LogP contribution >= 0.6 is 11.6 Å². The third kappa shape index (κ3) is 5.96. The normalized spacial score (nSPS) is 10.5. The first-order chi connectivity index (χ1) is 12.3. The van der Waals surface area contributed by atoms with Crippen LogP contribution in [0.1, 0.15) is 5.56 Å². The fourth-order valence-corrected chi connectivity index (χ4v) is 2.19. The molecule has 0 aromatic heterocycles. The van der Waals surface area contributed by atoms with Crippen molar-refractivity contribution in [2.75, 3.05) is 11.9 Å². The Morgan fingerprint density at radius 2 is 1.81 bits per heavy atom. The number of hydrogen-bond acceptors (Lipinski definition) is 4. The van der Waals surface area contributed by atoms with E-state index in [1.54, 1.807) is 0 Å². The second-order valence-corrected chi connectivity index (χ2v) is 5.40. The molecule has 26 heavy (non-hydrogen) atoms. The minimum Gasteiger partial charge on any atom is -0.455 e. The molecule has 138 valence electrons. The highest BCUT2D eigenvalue weighted by Crippen LogP contribution is 2.20. The molecule has 5 nitrogen and oxygen atoms in total. The summed E-state index contributed by atoms with van der Waals surface area (Å²) in [5.41, 5.74) is 0.277. The Morgan fingerprint density at radius 1 is 1.12 bits per heavy atom. The summed E-state index contributed by atoms with van der Waals surface area (Å²) >= 11 is 5.80. The second-order valence-electron chi connectivity index (χ2n) is 4.99. The monoisotopic (exact) mass is 387 g/mol. The van der Waals surface area contributed by atoms with Crippen LogP contribution in [0.5, 0.6) is 5.75 Å². The van der Waals surface area contributed by atoms with Gasteiger partial charge in [-0.25, -0.2) is 4.39 Å². The van der Waals surface area contributed by atoms with Crippen LogP contribution in [0.3, 0.4) is 0 Å². The van der Waals surface area contributed by atoms with Gasteiger partial charge >= 0.3 is 12.6 Å². The van der Waals surface area contributed by atoms with Gasteiger partial charge in [-0.05, 0) is 36.4 Å². The number of hydrogen-bond donors (Lipinski definition) is 1. The third-order valence-corrected chi connectivity index (χ3v) is 3.46. The van der Waals surface area contributed by atoms with E-state index in [1.165, 1.54) is 36.4 Å². The molecule has 0 spiro atoms. The smallest absolute Gasteiger partial charge is 0.387 e. The van der Waals surface area contributed by atoms with Crippen LogP contribution in [-0.4, -0.2) is 25.1 Å². The van der Waals surface area contributed by atoms with Gasteiger partial charge in [0.2, 0.25) is 0 Å². The topological polar surface area (TPSA) is 64.6 Å². The second kappa shape index (κ2) is 9.10. The molecule has 0 saturated heterocycles. The van der Waals surface area contributed by atoms with E-state index in [4.69, 9.17) is 16.3 Å². The Labute approximate surface area is 151 Å². The SMILES string of the molecule is O=C(COC(=O)Cc1c(F)cccc1Cl)Nc1ccc(OC(F)F)cc1. The van der Waals surface area contributed by atoms with Crippen molar-refractivity contribution in [2.24, 2.45) is 0 Å². The van der Waals surface area contributed by atoms with Crippen LogP contribution in [0.2, 0.25) is 5.02 Å². The standard InChI is InChI=1S/C17H13ClF3NO4/c18-13-2-1-3-14(19)12(13)8-16(24)25-9-15(23)22-10-4-6-11(7-5-10)26-17(20)21/h1-7,17H,8-9H2,(H,22,23). The fraction of sp³-hybridized carbons (Fsp3) is 0.176. The lowest BCUT2D eigenvalue weighted by molar-refractivity contribution is -0.146. The van der Waals surface area contributed by atoms with Gasteiger partial charge in [-0.1, -0.05) is 17.7 Å². The van der Waals surface area contributed by atoms with Crippen molar-refractivity contribution in [2.45, 2.75) is 13.0 Å². The maximum atomic E-state index is 13.6. The van der Waals surface area contributed by atoms with Crippen molar-refractivity contribution >= 4 is 29.2 Å². The molecule has 9 heteroatoms. The van der Waals surface area contributed by atoms with Gasteiger partial charge in [0.25, 0.3) is 5.91 Å².